The number of urea groups is 1. The fraction of sp³-hybridized carbons (Fsp3) is 0.692. The van der Waals surface area contributed by atoms with Gasteiger partial charge in [0.05, 0.1) is 18.3 Å². The van der Waals surface area contributed by atoms with Gasteiger partial charge < -0.3 is 10.0 Å². The topological polar surface area (TPSA) is 70.4 Å². The van der Waals surface area contributed by atoms with Crippen LogP contribution in [0.15, 0.2) is 6.07 Å². The quantitative estimate of drug-likeness (QED) is 0.868. The Kier molecular flexibility index (Phi) is 4.09. The monoisotopic (exact) mass is 266 g/mol. The van der Waals surface area contributed by atoms with E-state index in [1.165, 1.54) is 24.2 Å². The fourth-order valence-electron chi connectivity index (χ4n) is 2.03. The smallest absolute Gasteiger partial charge is 0.323 e. The van der Waals surface area contributed by atoms with E-state index in [1.54, 1.807) is 18.7 Å². The summed E-state index contributed by atoms with van der Waals surface area (Å²) in [5, 5.41) is 16.3. The minimum Gasteiger partial charge on any atom is -0.394 e. The number of carbonyl (C=O) groups excluding carboxylic acids is 1. The summed E-state index contributed by atoms with van der Waals surface area (Å²) < 4.78 is 1.70. The predicted octanol–water partition coefficient (Wildman–Crippen LogP) is 1.53. The van der Waals surface area contributed by atoms with E-state index >= 15 is 0 Å². The number of amides is 2. The van der Waals surface area contributed by atoms with Crippen LogP contribution in [0.5, 0.6) is 0 Å². The maximum absolute atomic E-state index is 12.0. The van der Waals surface area contributed by atoms with Crippen LogP contribution in [0.25, 0.3) is 0 Å². The highest BCUT2D eigenvalue weighted by Crippen LogP contribution is 2.36. The number of aliphatic hydroxyl groups excluding tert-OH is 1. The number of rotatable bonds is 4. The maximum atomic E-state index is 12.0. The first-order valence-electron chi connectivity index (χ1n) is 6.71. The number of carbonyl (C=O) groups is 1. The highest BCUT2D eigenvalue weighted by atomic mass is 16.3. The Bertz CT molecular complexity index is 453. The van der Waals surface area contributed by atoms with Crippen molar-refractivity contribution < 1.29 is 9.90 Å². The Labute approximate surface area is 113 Å². The molecule has 1 saturated carbocycles. The molecule has 0 spiro atoms. The summed E-state index contributed by atoms with van der Waals surface area (Å²) >= 11 is 0. The Hall–Kier alpha value is -1.56. The molecule has 1 heterocycles. The first kappa shape index (κ1) is 13.9. The SMILES string of the molecule is CC(CO)N(C)C(=O)Nc1cc(C2CCC2)nn1C. The van der Waals surface area contributed by atoms with E-state index in [0.29, 0.717) is 11.7 Å². The van der Waals surface area contributed by atoms with Crippen molar-refractivity contribution in [3.05, 3.63) is 11.8 Å². The summed E-state index contributed by atoms with van der Waals surface area (Å²) in [6, 6.07) is 1.50. The van der Waals surface area contributed by atoms with Crippen molar-refractivity contribution in [3.8, 4) is 0 Å². The Balaban J connectivity index is 2.02. The number of hydrogen-bond donors (Lipinski definition) is 2. The van der Waals surface area contributed by atoms with Gasteiger partial charge >= 0.3 is 6.03 Å². The van der Waals surface area contributed by atoms with E-state index in [1.807, 2.05) is 13.1 Å². The number of aryl methyl sites for hydroxylation is 1. The fourth-order valence-corrected chi connectivity index (χ4v) is 2.03. The zero-order chi connectivity index (χ0) is 14.0. The first-order chi connectivity index (χ1) is 9.02. The second-order valence-corrected chi connectivity index (χ2v) is 5.28. The minimum absolute atomic E-state index is 0.0529. The highest BCUT2D eigenvalue weighted by molar-refractivity contribution is 5.88. The third kappa shape index (κ3) is 2.89. The van der Waals surface area contributed by atoms with Crippen molar-refractivity contribution in [2.24, 2.45) is 7.05 Å². The second kappa shape index (κ2) is 5.61. The lowest BCUT2D eigenvalue weighted by Crippen LogP contribution is -2.40. The van der Waals surface area contributed by atoms with Gasteiger partial charge in [0, 0.05) is 26.1 Å². The molecule has 106 valence electrons. The van der Waals surface area contributed by atoms with Gasteiger partial charge in [-0.15, -0.1) is 0 Å². The lowest BCUT2D eigenvalue weighted by Gasteiger charge is -2.23. The molecule has 0 aromatic carbocycles. The molecule has 1 aliphatic carbocycles. The van der Waals surface area contributed by atoms with Crippen LogP contribution in [0.4, 0.5) is 10.6 Å². The van der Waals surface area contributed by atoms with E-state index in [9.17, 15) is 4.79 Å². The molecule has 19 heavy (non-hydrogen) atoms. The molecule has 2 N–H and O–H groups in total. The van der Waals surface area contributed by atoms with Crippen molar-refractivity contribution in [2.75, 3.05) is 19.0 Å². The van der Waals surface area contributed by atoms with Gasteiger partial charge in [0.1, 0.15) is 5.82 Å². The second-order valence-electron chi connectivity index (χ2n) is 5.28. The van der Waals surface area contributed by atoms with Gasteiger partial charge in [-0.25, -0.2) is 4.79 Å². The van der Waals surface area contributed by atoms with Crippen LogP contribution in [-0.2, 0) is 7.05 Å². The molecule has 2 rings (SSSR count). The largest absolute Gasteiger partial charge is 0.394 e. The van der Waals surface area contributed by atoms with Crippen molar-refractivity contribution in [1.82, 2.24) is 14.7 Å². The molecule has 1 aromatic rings. The number of nitrogens with one attached hydrogen (secondary N) is 1. The minimum atomic E-state index is -0.232. The maximum Gasteiger partial charge on any atom is 0.323 e. The van der Waals surface area contributed by atoms with Gasteiger partial charge in [-0.05, 0) is 19.8 Å². The van der Waals surface area contributed by atoms with Gasteiger partial charge in [-0.2, -0.15) is 5.10 Å². The van der Waals surface area contributed by atoms with E-state index < -0.39 is 0 Å². The zero-order valence-corrected chi connectivity index (χ0v) is 11.8. The first-order valence-corrected chi connectivity index (χ1v) is 6.71. The molecule has 0 aliphatic heterocycles. The summed E-state index contributed by atoms with van der Waals surface area (Å²) in [6.07, 6.45) is 3.64. The molecule has 0 radical (unpaired) electrons. The normalized spacial score (nSPS) is 16.8. The molecule has 2 amide bonds. The van der Waals surface area contributed by atoms with Crippen LogP contribution in [-0.4, -0.2) is 45.5 Å². The van der Waals surface area contributed by atoms with Gasteiger partial charge in [0.2, 0.25) is 0 Å². The Morgan fingerprint density at radius 2 is 2.37 bits per heavy atom. The highest BCUT2D eigenvalue weighted by Gasteiger charge is 2.24. The Morgan fingerprint density at radius 3 is 2.89 bits per heavy atom. The summed E-state index contributed by atoms with van der Waals surface area (Å²) in [4.78, 5) is 13.5. The molecule has 1 aromatic heterocycles. The molecule has 1 atom stereocenters. The lowest BCUT2D eigenvalue weighted by molar-refractivity contribution is 0.166. The molecular formula is C13H22N4O2. The number of aromatic nitrogens is 2. The number of nitrogens with zero attached hydrogens (tertiary/aromatic N) is 3. The summed E-state index contributed by atoms with van der Waals surface area (Å²) in [6.45, 7) is 1.74. The van der Waals surface area contributed by atoms with E-state index in [-0.39, 0.29) is 18.7 Å². The molecule has 6 nitrogen and oxygen atoms in total. The van der Waals surface area contributed by atoms with Crippen molar-refractivity contribution in [3.63, 3.8) is 0 Å². The summed E-state index contributed by atoms with van der Waals surface area (Å²) in [7, 11) is 3.49. The third-order valence-corrected chi connectivity index (χ3v) is 3.90. The predicted molar refractivity (Wildman–Crippen MR) is 73.1 cm³/mol. The molecular weight excluding hydrogens is 244 g/mol. The molecule has 0 bridgehead atoms. The van der Waals surface area contributed by atoms with Crippen molar-refractivity contribution >= 4 is 11.8 Å². The summed E-state index contributed by atoms with van der Waals surface area (Å²) in [5.41, 5.74) is 1.06. The van der Waals surface area contributed by atoms with Crippen molar-refractivity contribution in [2.45, 2.75) is 38.1 Å². The van der Waals surface area contributed by atoms with Crippen LogP contribution in [0.1, 0.15) is 37.8 Å². The molecule has 6 heteroatoms. The number of likely N-dealkylation sites (N-methyl/N-ethyl adjacent to an activating group) is 1. The molecule has 1 fully saturated rings. The Morgan fingerprint density at radius 1 is 1.68 bits per heavy atom. The van der Waals surface area contributed by atoms with Crippen LogP contribution in [0.3, 0.4) is 0 Å². The van der Waals surface area contributed by atoms with E-state index in [0.717, 1.165) is 5.69 Å². The molecule has 0 saturated heterocycles. The van der Waals surface area contributed by atoms with Gasteiger partial charge in [0.25, 0.3) is 0 Å². The lowest BCUT2D eigenvalue weighted by atomic mass is 9.83. The van der Waals surface area contributed by atoms with Crippen LogP contribution in [0.2, 0.25) is 0 Å². The van der Waals surface area contributed by atoms with Crippen LogP contribution >= 0.6 is 0 Å². The number of anilines is 1. The molecule has 1 aliphatic rings. The average molecular weight is 266 g/mol. The van der Waals surface area contributed by atoms with Gasteiger partial charge in [-0.3, -0.25) is 10.00 Å². The zero-order valence-electron chi connectivity index (χ0n) is 11.8. The van der Waals surface area contributed by atoms with Crippen molar-refractivity contribution in [1.29, 1.82) is 0 Å². The van der Waals surface area contributed by atoms with E-state index in [4.69, 9.17) is 5.11 Å². The van der Waals surface area contributed by atoms with E-state index in [2.05, 4.69) is 10.4 Å². The molecule has 1 unspecified atom stereocenters. The van der Waals surface area contributed by atoms with Gasteiger partial charge in [-0.1, -0.05) is 6.42 Å². The average Bonchev–Trinajstić information content (AvgIpc) is 2.66. The van der Waals surface area contributed by atoms with Gasteiger partial charge in [0.15, 0.2) is 0 Å². The third-order valence-electron chi connectivity index (χ3n) is 3.90. The number of hydrogen-bond acceptors (Lipinski definition) is 3. The standard InChI is InChI=1S/C13H22N4O2/c1-9(8-18)16(2)13(19)14-12-7-11(15-17(12)3)10-5-4-6-10/h7,9-10,18H,4-6,8H2,1-3H3,(H,14,19). The van der Waals surface area contributed by atoms with Crippen LogP contribution in [0, 0.1) is 0 Å². The van der Waals surface area contributed by atoms with Crippen LogP contribution < -0.4 is 5.32 Å². The summed E-state index contributed by atoms with van der Waals surface area (Å²) in [5.74, 6) is 1.25. The number of aliphatic hydroxyl groups is 1.